The molecule has 3 aromatic rings. The maximum Gasteiger partial charge on any atom is 0.269 e. The summed E-state index contributed by atoms with van der Waals surface area (Å²) in [7, 11) is 0. The average molecular weight is 423 g/mol. The van der Waals surface area contributed by atoms with Crippen molar-refractivity contribution in [2.75, 3.05) is 0 Å². The summed E-state index contributed by atoms with van der Waals surface area (Å²) in [6.07, 6.45) is 0. The van der Waals surface area contributed by atoms with Gasteiger partial charge in [0.05, 0.1) is 11.0 Å². The Morgan fingerprint density at radius 2 is 1.63 bits per heavy atom. The third-order valence-corrected chi connectivity index (χ3v) is 5.27. The summed E-state index contributed by atoms with van der Waals surface area (Å²) in [5.74, 6) is -0.0307. The van der Waals surface area contributed by atoms with Crippen LogP contribution in [0.4, 0.5) is 5.69 Å². The van der Waals surface area contributed by atoms with Gasteiger partial charge >= 0.3 is 0 Å². The molecule has 5 nitrogen and oxygen atoms in total. The fourth-order valence-corrected chi connectivity index (χ4v) is 3.72. The molecular weight excluding hydrogens is 408 g/mol. The molecule has 0 aromatic heterocycles. The van der Waals surface area contributed by atoms with Gasteiger partial charge in [0.15, 0.2) is 0 Å². The van der Waals surface area contributed by atoms with Gasteiger partial charge in [-0.25, -0.2) is 0 Å². The average Bonchev–Trinajstić information content (AvgIpc) is 2.95. The second kappa shape index (κ2) is 6.96. The van der Waals surface area contributed by atoms with E-state index in [9.17, 15) is 14.9 Å². The number of rotatable bonds is 4. The van der Waals surface area contributed by atoms with Gasteiger partial charge in [-0.1, -0.05) is 58.4 Å². The van der Waals surface area contributed by atoms with Crippen molar-refractivity contribution in [2.24, 2.45) is 0 Å². The van der Waals surface area contributed by atoms with Gasteiger partial charge in [0.2, 0.25) is 0 Å². The Kier molecular flexibility index (Phi) is 4.49. The lowest BCUT2D eigenvalue weighted by Gasteiger charge is -2.26. The van der Waals surface area contributed by atoms with E-state index in [1.54, 1.807) is 12.1 Å². The smallest absolute Gasteiger partial charge is 0.269 e. The zero-order valence-electron chi connectivity index (χ0n) is 14.2. The largest absolute Gasteiger partial charge is 0.323 e. The van der Waals surface area contributed by atoms with E-state index in [0.29, 0.717) is 12.1 Å². The molecule has 1 heterocycles. The van der Waals surface area contributed by atoms with Crippen molar-refractivity contribution in [1.82, 2.24) is 4.90 Å². The number of nitrogens with zero attached hydrogens (tertiary/aromatic N) is 2. The maximum atomic E-state index is 13.0. The SMILES string of the molecule is O=C1c2ccccc2C(c2ccc(Br)cc2)N1Cc1ccc([N+](=O)[O-])cc1. The molecule has 6 heteroatoms. The number of carbonyl (C=O) groups excluding carboxylic acids is 1. The molecule has 0 saturated heterocycles. The molecule has 0 aliphatic carbocycles. The highest BCUT2D eigenvalue weighted by Gasteiger charge is 2.37. The Labute approximate surface area is 164 Å². The van der Waals surface area contributed by atoms with Gasteiger partial charge in [0.1, 0.15) is 0 Å². The first-order chi connectivity index (χ1) is 13.0. The van der Waals surface area contributed by atoms with Crippen LogP contribution in [0.5, 0.6) is 0 Å². The number of non-ortho nitro benzene ring substituents is 1. The third-order valence-electron chi connectivity index (χ3n) is 4.74. The van der Waals surface area contributed by atoms with Crippen molar-refractivity contribution in [3.8, 4) is 0 Å². The minimum atomic E-state index is -0.425. The lowest BCUT2D eigenvalue weighted by Crippen LogP contribution is -2.28. The fraction of sp³-hybridized carbons (Fsp3) is 0.0952. The number of nitro groups is 1. The van der Waals surface area contributed by atoms with E-state index in [4.69, 9.17) is 0 Å². The van der Waals surface area contributed by atoms with Gasteiger partial charge in [0.25, 0.3) is 11.6 Å². The first-order valence-corrected chi connectivity index (χ1v) is 9.22. The molecule has 0 spiro atoms. The summed E-state index contributed by atoms with van der Waals surface area (Å²) < 4.78 is 0.978. The number of hydrogen-bond donors (Lipinski definition) is 0. The minimum absolute atomic E-state index is 0.0307. The van der Waals surface area contributed by atoms with Crippen LogP contribution < -0.4 is 0 Å². The van der Waals surface area contributed by atoms with Crippen LogP contribution in [0.1, 0.15) is 33.1 Å². The van der Waals surface area contributed by atoms with E-state index in [-0.39, 0.29) is 17.6 Å². The number of fused-ring (bicyclic) bond motifs is 1. The number of benzene rings is 3. The summed E-state index contributed by atoms with van der Waals surface area (Å²) in [5.41, 5.74) is 3.60. The number of amides is 1. The van der Waals surface area contributed by atoms with E-state index in [0.717, 1.165) is 21.2 Å². The fourth-order valence-electron chi connectivity index (χ4n) is 3.46. The number of carbonyl (C=O) groups is 1. The van der Waals surface area contributed by atoms with Gasteiger partial charge in [-0.15, -0.1) is 0 Å². The van der Waals surface area contributed by atoms with Crippen LogP contribution in [0.15, 0.2) is 77.3 Å². The molecule has 1 unspecified atom stereocenters. The van der Waals surface area contributed by atoms with Gasteiger partial charge in [-0.05, 0) is 34.9 Å². The predicted molar refractivity (Wildman–Crippen MR) is 105 cm³/mol. The summed E-state index contributed by atoms with van der Waals surface area (Å²) in [5, 5.41) is 10.9. The number of halogens is 1. The molecule has 27 heavy (non-hydrogen) atoms. The van der Waals surface area contributed by atoms with Crippen molar-refractivity contribution >= 4 is 27.5 Å². The first kappa shape index (κ1) is 17.4. The molecule has 0 radical (unpaired) electrons. The molecule has 0 N–H and O–H groups in total. The van der Waals surface area contributed by atoms with Gasteiger partial charge in [-0.2, -0.15) is 0 Å². The van der Waals surface area contributed by atoms with Crippen LogP contribution in [0, 0.1) is 10.1 Å². The van der Waals surface area contributed by atoms with Crippen molar-refractivity contribution in [2.45, 2.75) is 12.6 Å². The molecule has 1 aliphatic rings. The highest BCUT2D eigenvalue weighted by molar-refractivity contribution is 9.10. The van der Waals surface area contributed by atoms with Crippen LogP contribution in [-0.4, -0.2) is 15.7 Å². The van der Waals surface area contributed by atoms with Crippen molar-refractivity contribution < 1.29 is 9.72 Å². The molecule has 3 aromatic carbocycles. The molecule has 1 amide bonds. The Hall–Kier alpha value is -2.99. The standard InChI is InChI=1S/C21H15BrN2O3/c22-16-9-7-15(8-10-16)20-18-3-1-2-4-19(18)21(25)23(20)13-14-5-11-17(12-6-14)24(26)27/h1-12,20H,13H2. The van der Waals surface area contributed by atoms with Crippen molar-refractivity contribution in [3.05, 3.63) is 110 Å². The van der Waals surface area contributed by atoms with E-state index in [1.165, 1.54) is 12.1 Å². The summed E-state index contributed by atoms with van der Waals surface area (Å²) in [6.45, 7) is 0.381. The topological polar surface area (TPSA) is 63.5 Å². The zero-order valence-corrected chi connectivity index (χ0v) is 15.8. The number of hydrogen-bond acceptors (Lipinski definition) is 3. The van der Waals surface area contributed by atoms with Gasteiger partial charge in [0, 0.05) is 28.7 Å². The van der Waals surface area contributed by atoms with Crippen LogP contribution in [0.2, 0.25) is 0 Å². The Bertz CT molecular complexity index is 1020. The molecule has 4 rings (SSSR count). The molecule has 134 valence electrons. The normalized spacial score (nSPS) is 15.7. The monoisotopic (exact) mass is 422 g/mol. The summed E-state index contributed by atoms with van der Waals surface area (Å²) >= 11 is 3.45. The van der Waals surface area contributed by atoms with Gasteiger partial charge < -0.3 is 4.90 Å². The summed E-state index contributed by atoms with van der Waals surface area (Å²) in [4.78, 5) is 25.3. The molecule has 1 atom stereocenters. The van der Waals surface area contributed by atoms with Crippen molar-refractivity contribution in [3.63, 3.8) is 0 Å². The second-order valence-corrected chi connectivity index (χ2v) is 7.31. The minimum Gasteiger partial charge on any atom is -0.323 e. The summed E-state index contributed by atoms with van der Waals surface area (Å²) in [6, 6.07) is 21.7. The molecular formula is C21H15BrN2O3. The highest BCUT2D eigenvalue weighted by atomic mass is 79.9. The Balaban J connectivity index is 1.72. The lowest BCUT2D eigenvalue weighted by atomic mass is 9.98. The highest BCUT2D eigenvalue weighted by Crippen LogP contribution is 2.39. The Morgan fingerprint density at radius 1 is 0.963 bits per heavy atom. The molecule has 1 aliphatic heterocycles. The molecule has 0 bridgehead atoms. The first-order valence-electron chi connectivity index (χ1n) is 8.43. The Morgan fingerprint density at radius 3 is 2.30 bits per heavy atom. The van der Waals surface area contributed by atoms with Crippen LogP contribution in [0.25, 0.3) is 0 Å². The van der Waals surface area contributed by atoms with Crippen molar-refractivity contribution in [1.29, 1.82) is 0 Å². The van der Waals surface area contributed by atoms with E-state index in [2.05, 4.69) is 15.9 Å². The van der Waals surface area contributed by atoms with E-state index >= 15 is 0 Å². The number of nitro benzene ring substituents is 1. The lowest BCUT2D eigenvalue weighted by molar-refractivity contribution is -0.384. The van der Waals surface area contributed by atoms with Crippen LogP contribution >= 0.6 is 15.9 Å². The van der Waals surface area contributed by atoms with Crippen LogP contribution in [0.3, 0.4) is 0 Å². The molecule has 0 fully saturated rings. The van der Waals surface area contributed by atoms with Crippen LogP contribution in [-0.2, 0) is 6.54 Å². The maximum absolute atomic E-state index is 13.0. The van der Waals surface area contributed by atoms with E-state index < -0.39 is 4.92 Å². The zero-order chi connectivity index (χ0) is 19.0. The second-order valence-electron chi connectivity index (χ2n) is 6.40. The molecule has 0 saturated carbocycles. The predicted octanol–water partition coefficient (Wildman–Crippen LogP) is 5.10. The third kappa shape index (κ3) is 3.24. The van der Waals surface area contributed by atoms with Gasteiger partial charge in [-0.3, -0.25) is 14.9 Å². The van der Waals surface area contributed by atoms with E-state index in [1.807, 2.05) is 53.4 Å². The quantitative estimate of drug-likeness (QED) is 0.433.